The maximum atomic E-state index is 12.3. The van der Waals surface area contributed by atoms with Gasteiger partial charge in [-0.25, -0.2) is 15.4 Å². The highest BCUT2D eigenvalue weighted by molar-refractivity contribution is 6.47. The first-order valence-electron chi connectivity index (χ1n) is 8.84. The minimum Gasteiger partial charge on any atom is -0.534 e. The number of nitrogens with two attached hydrogens (primary N) is 1. The number of nitrogens with one attached hydrogen (secondary N) is 2. The Balaban J connectivity index is 1.56. The number of carboxylic acid groups (broad SMARTS) is 1. The van der Waals surface area contributed by atoms with Gasteiger partial charge in [0.1, 0.15) is 24.6 Å². The van der Waals surface area contributed by atoms with E-state index >= 15 is 0 Å². The SMILES string of the molecule is NOCC(=O)NCc1cn(CC(=O)NC2Cc3cccc(C(=O)O)c3OB2O)nn1. The zero-order valence-electron chi connectivity index (χ0n) is 15.6. The van der Waals surface area contributed by atoms with Gasteiger partial charge in [-0.1, -0.05) is 17.3 Å². The van der Waals surface area contributed by atoms with Crippen LogP contribution in [0.2, 0.25) is 0 Å². The molecule has 1 aromatic carbocycles. The first kappa shape index (κ1) is 21.2. The largest absolute Gasteiger partial charge is 0.547 e. The van der Waals surface area contributed by atoms with Crippen molar-refractivity contribution in [1.82, 2.24) is 25.6 Å². The summed E-state index contributed by atoms with van der Waals surface area (Å²) in [6, 6.07) is 4.61. The second-order valence-electron chi connectivity index (χ2n) is 6.48. The Morgan fingerprint density at radius 3 is 2.90 bits per heavy atom. The van der Waals surface area contributed by atoms with Crippen molar-refractivity contribution in [3.05, 3.63) is 41.2 Å². The van der Waals surface area contributed by atoms with Gasteiger partial charge >= 0.3 is 13.1 Å². The van der Waals surface area contributed by atoms with E-state index in [4.69, 9.17) is 10.6 Å². The van der Waals surface area contributed by atoms with Crippen LogP contribution >= 0.6 is 0 Å². The molecule has 0 spiro atoms. The smallest absolute Gasteiger partial charge is 0.534 e. The Morgan fingerprint density at radius 2 is 2.17 bits per heavy atom. The predicted octanol–water partition coefficient (Wildman–Crippen LogP) is -2.38. The van der Waals surface area contributed by atoms with Crippen LogP contribution in [0.5, 0.6) is 5.75 Å². The van der Waals surface area contributed by atoms with Gasteiger partial charge in [0, 0.05) is 0 Å². The number of carbonyl (C=O) groups is 3. The van der Waals surface area contributed by atoms with Crippen molar-refractivity contribution < 1.29 is 34.0 Å². The number of hydrogen-bond acceptors (Lipinski definition) is 9. The number of nitrogens with zero attached hydrogens (tertiary/aromatic N) is 3. The van der Waals surface area contributed by atoms with Gasteiger partial charge in [0.2, 0.25) is 11.8 Å². The van der Waals surface area contributed by atoms with Gasteiger partial charge in [-0.05, 0) is 18.1 Å². The molecule has 1 aromatic heterocycles. The van der Waals surface area contributed by atoms with Gasteiger partial charge < -0.3 is 25.4 Å². The average Bonchev–Trinajstić information content (AvgIpc) is 3.14. The molecule has 0 radical (unpaired) electrons. The molecule has 14 heteroatoms. The third-order valence-corrected chi connectivity index (χ3v) is 4.27. The lowest BCUT2D eigenvalue weighted by molar-refractivity contribution is -0.126. The fourth-order valence-corrected chi connectivity index (χ4v) is 2.93. The standard InChI is InChI=1S/C16H19BN6O7/c18-29-8-14(25)19-5-10-6-23(22-21-10)7-13(24)20-12-4-9-2-1-3-11(16(26)27)15(9)30-17(12)28/h1-3,6,12,28H,4-5,7-8,18H2,(H,19,25)(H,20,24)(H,26,27). The number of para-hydroxylation sites is 1. The molecule has 6 N–H and O–H groups in total. The topological polar surface area (TPSA) is 191 Å². The highest BCUT2D eigenvalue weighted by Gasteiger charge is 2.37. The highest BCUT2D eigenvalue weighted by atomic mass is 16.6. The summed E-state index contributed by atoms with van der Waals surface area (Å²) in [5, 5.41) is 32.2. The van der Waals surface area contributed by atoms with E-state index in [9.17, 15) is 24.5 Å². The van der Waals surface area contributed by atoms with E-state index in [1.807, 2.05) is 0 Å². The summed E-state index contributed by atoms with van der Waals surface area (Å²) in [7, 11) is -1.41. The lowest BCUT2D eigenvalue weighted by Gasteiger charge is -2.28. The minimum atomic E-state index is -1.41. The van der Waals surface area contributed by atoms with Crippen LogP contribution in [0.4, 0.5) is 0 Å². The third kappa shape index (κ3) is 5.11. The van der Waals surface area contributed by atoms with Gasteiger partial charge in [0.25, 0.3) is 0 Å². The number of benzene rings is 1. The Kier molecular flexibility index (Phi) is 6.61. The van der Waals surface area contributed by atoms with Crippen molar-refractivity contribution in [2.75, 3.05) is 6.61 Å². The third-order valence-electron chi connectivity index (χ3n) is 4.27. The van der Waals surface area contributed by atoms with Crippen LogP contribution in [0.25, 0.3) is 0 Å². The van der Waals surface area contributed by atoms with E-state index in [-0.39, 0.29) is 37.4 Å². The number of rotatable bonds is 8. The number of amides is 2. The van der Waals surface area contributed by atoms with Crippen LogP contribution in [0.15, 0.2) is 24.4 Å². The second kappa shape index (κ2) is 9.34. The van der Waals surface area contributed by atoms with Gasteiger partial charge in [0.05, 0.1) is 24.2 Å². The lowest BCUT2D eigenvalue weighted by atomic mass is 9.72. The summed E-state index contributed by atoms with van der Waals surface area (Å²) in [6.45, 7) is -0.390. The molecule has 2 amide bonds. The summed E-state index contributed by atoms with van der Waals surface area (Å²) in [5.74, 6) is 2.06. The van der Waals surface area contributed by atoms with Crippen LogP contribution in [0.1, 0.15) is 21.6 Å². The Morgan fingerprint density at radius 1 is 1.37 bits per heavy atom. The predicted molar refractivity (Wildman–Crippen MR) is 99.6 cm³/mol. The molecule has 0 saturated heterocycles. The van der Waals surface area contributed by atoms with Gasteiger partial charge in [-0.15, -0.1) is 5.10 Å². The van der Waals surface area contributed by atoms with Gasteiger partial charge in [0.15, 0.2) is 0 Å². The molecule has 1 atom stereocenters. The number of aromatic nitrogens is 3. The van der Waals surface area contributed by atoms with Crippen molar-refractivity contribution in [3.8, 4) is 5.75 Å². The quantitative estimate of drug-likeness (QED) is 0.229. The average molecular weight is 418 g/mol. The Hall–Kier alpha value is -3.49. The molecule has 0 fully saturated rings. The van der Waals surface area contributed by atoms with E-state index in [0.29, 0.717) is 11.3 Å². The first-order valence-corrected chi connectivity index (χ1v) is 8.84. The molecule has 2 heterocycles. The van der Waals surface area contributed by atoms with E-state index in [1.54, 1.807) is 12.1 Å². The van der Waals surface area contributed by atoms with Crippen molar-refractivity contribution >= 4 is 24.9 Å². The Bertz CT molecular complexity index is 952. The van der Waals surface area contributed by atoms with Crippen molar-refractivity contribution in [2.45, 2.75) is 25.5 Å². The van der Waals surface area contributed by atoms with Crippen LogP contribution in [0, 0.1) is 0 Å². The van der Waals surface area contributed by atoms with Crippen LogP contribution in [-0.2, 0) is 33.9 Å². The molecule has 2 aromatic rings. The number of fused-ring (bicyclic) bond motifs is 1. The van der Waals surface area contributed by atoms with E-state index in [2.05, 4.69) is 25.8 Å². The number of carboxylic acids is 1. The minimum absolute atomic E-state index is 0.0587. The zero-order valence-corrected chi connectivity index (χ0v) is 15.6. The van der Waals surface area contributed by atoms with E-state index in [1.165, 1.54) is 16.9 Å². The fourth-order valence-electron chi connectivity index (χ4n) is 2.93. The summed E-state index contributed by atoms with van der Waals surface area (Å²) < 4.78 is 6.60. The molecule has 1 unspecified atom stereocenters. The van der Waals surface area contributed by atoms with Gasteiger partial charge in [-0.3, -0.25) is 14.4 Å². The monoisotopic (exact) mass is 418 g/mol. The van der Waals surface area contributed by atoms with Gasteiger partial charge in [-0.2, -0.15) is 0 Å². The fraction of sp³-hybridized carbons (Fsp3) is 0.312. The Labute approximate surface area is 170 Å². The number of aromatic carboxylic acids is 1. The van der Waals surface area contributed by atoms with Crippen molar-refractivity contribution in [1.29, 1.82) is 0 Å². The summed E-state index contributed by atoms with van der Waals surface area (Å²) in [6.07, 6.45) is 1.67. The van der Waals surface area contributed by atoms with Crippen LogP contribution in [0.3, 0.4) is 0 Å². The van der Waals surface area contributed by atoms with Crippen LogP contribution < -0.4 is 21.2 Å². The number of carbonyl (C=O) groups excluding carboxylic acids is 2. The summed E-state index contributed by atoms with van der Waals surface area (Å²) in [5.41, 5.74) is 0.923. The molecular formula is C16H19BN6O7. The van der Waals surface area contributed by atoms with Crippen molar-refractivity contribution in [2.24, 2.45) is 5.90 Å². The normalized spacial score (nSPS) is 15.1. The highest BCUT2D eigenvalue weighted by Crippen LogP contribution is 2.30. The molecule has 158 valence electrons. The molecule has 0 saturated carbocycles. The molecule has 30 heavy (non-hydrogen) atoms. The molecule has 0 aliphatic carbocycles. The van der Waals surface area contributed by atoms with E-state index in [0.717, 1.165) is 0 Å². The molecule has 3 rings (SSSR count). The molecule has 0 bridgehead atoms. The molecule has 1 aliphatic heterocycles. The maximum absolute atomic E-state index is 12.3. The van der Waals surface area contributed by atoms with Crippen molar-refractivity contribution in [3.63, 3.8) is 0 Å². The van der Waals surface area contributed by atoms with E-state index < -0.39 is 30.8 Å². The maximum Gasteiger partial charge on any atom is 0.547 e. The van der Waals surface area contributed by atoms with Crippen LogP contribution in [-0.4, -0.2) is 62.6 Å². The number of hydrogen-bond donors (Lipinski definition) is 5. The molecular weight excluding hydrogens is 399 g/mol. The second-order valence-corrected chi connectivity index (χ2v) is 6.48. The lowest BCUT2D eigenvalue weighted by Crippen LogP contribution is -2.53. The first-order chi connectivity index (χ1) is 14.4. The molecule has 1 aliphatic rings. The summed E-state index contributed by atoms with van der Waals surface area (Å²) in [4.78, 5) is 39.1. The zero-order chi connectivity index (χ0) is 21.7. The molecule has 13 nitrogen and oxygen atoms in total. The summed E-state index contributed by atoms with van der Waals surface area (Å²) >= 11 is 0.